The summed E-state index contributed by atoms with van der Waals surface area (Å²) >= 11 is 0. The molecule has 0 saturated heterocycles. The van der Waals surface area contributed by atoms with E-state index in [9.17, 15) is 14.4 Å². The van der Waals surface area contributed by atoms with Crippen molar-refractivity contribution in [3.05, 3.63) is 60.8 Å². The van der Waals surface area contributed by atoms with Crippen LogP contribution < -0.4 is 0 Å². The highest BCUT2D eigenvalue weighted by Gasteiger charge is 2.19. The summed E-state index contributed by atoms with van der Waals surface area (Å²) in [4.78, 5) is 37.9. The summed E-state index contributed by atoms with van der Waals surface area (Å²) < 4.78 is 16.8. The Balaban J connectivity index is 4.38. The first-order valence-electron chi connectivity index (χ1n) is 26.3. The summed E-state index contributed by atoms with van der Waals surface area (Å²) in [5.41, 5.74) is 0. The first-order chi connectivity index (χ1) is 30.5. The molecule has 0 heterocycles. The number of unbranched alkanes of at least 4 members (excludes halogenated alkanes) is 26. The molecule has 1 unspecified atom stereocenters. The number of ether oxygens (including phenoxy) is 3. The lowest BCUT2D eigenvalue weighted by molar-refractivity contribution is -0.167. The van der Waals surface area contributed by atoms with Crippen molar-refractivity contribution in [3.63, 3.8) is 0 Å². The Bertz CT molecular complexity index is 1130. The van der Waals surface area contributed by atoms with E-state index in [-0.39, 0.29) is 37.5 Å². The Labute approximate surface area is 383 Å². The van der Waals surface area contributed by atoms with Crippen molar-refractivity contribution in [1.82, 2.24) is 0 Å². The summed E-state index contributed by atoms with van der Waals surface area (Å²) in [7, 11) is 0. The predicted molar refractivity (Wildman–Crippen MR) is 265 cm³/mol. The Hall–Kier alpha value is -2.89. The molecule has 0 aromatic heterocycles. The first-order valence-corrected chi connectivity index (χ1v) is 26.3. The molecule has 0 aliphatic heterocycles. The van der Waals surface area contributed by atoms with Crippen LogP contribution in [0.1, 0.15) is 258 Å². The van der Waals surface area contributed by atoms with Crippen LogP contribution in [0.25, 0.3) is 0 Å². The molecule has 0 aliphatic rings. The third-order valence-electron chi connectivity index (χ3n) is 11.3. The van der Waals surface area contributed by atoms with Crippen LogP contribution in [0.15, 0.2) is 60.8 Å². The molecule has 6 nitrogen and oxygen atoms in total. The summed E-state index contributed by atoms with van der Waals surface area (Å²) in [6, 6.07) is 0. The molecule has 62 heavy (non-hydrogen) atoms. The number of esters is 3. The van der Waals surface area contributed by atoms with Gasteiger partial charge in [0, 0.05) is 19.3 Å². The second-order valence-corrected chi connectivity index (χ2v) is 17.4. The first kappa shape index (κ1) is 59.1. The van der Waals surface area contributed by atoms with Crippen molar-refractivity contribution >= 4 is 17.9 Å². The van der Waals surface area contributed by atoms with E-state index in [4.69, 9.17) is 14.2 Å². The normalized spacial score (nSPS) is 12.5. The lowest BCUT2D eigenvalue weighted by Gasteiger charge is -2.18. The maximum Gasteiger partial charge on any atom is 0.306 e. The van der Waals surface area contributed by atoms with E-state index in [0.29, 0.717) is 19.3 Å². The largest absolute Gasteiger partial charge is 0.462 e. The molecule has 0 aliphatic carbocycles. The molecule has 0 aromatic carbocycles. The summed E-state index contributed by atoms with van der Waals surface area (Å²) in [5, 5.41) is 0. The molecular formula is C56H98O6. The smallest absolute Gasteiger partial charge is 0.306 e. The van der Waals surface area contributed by atoms with E-state index in [1.807, 2.05) is 0 Å². The Kier molecular flexibility index (Phi) is 48.4. The molecule has 0 N–H and O–H groups in total. The topological polar surface area (TPSA) is 78.9 Å². The van der Waals surface area contributed by atoms with Crippen molar-refractivity contribution in [3.8, 4) is 0 Å². The van der Waals surface area contributed by atoms with Gasteiger partial charge >= 0.3 is 17.9 Å². The maximum absolute atomic E-state index is 12.8. The van der Waals surface area contributed by atoms with Crippen LogP contribution in [0.2, 0.25) is 0 Å². The fourth-order valence-corrected chi connectivity index (χ4v) is 7.30. The van der Waals surface area contributed by atoms with Gasteiger partial charge in [-0.3, -0.25) is 14.4 Å². The molecule has 0 aromatic rings. The van der Waals surface area contributed by atoms with Crippen molar-refractivity contribution in [2.24, 2.45) is 0 Å². The SMILES string of the molecule is CC/C=C\C/C=C\C/C=C\C/C=C\CCCCC(=O)OC(COC(=O)CCCCCCC/C=C\CCCC)COC(=O)CCCCCCCCCCCCCCCCCCCC. The van der Waals surface area contributed by atoms with Crippen molar-refractivity contribution in [2.45, 2.75) is 264 Å². The molecular weight excluding hydrogens is 769 g/mol. The molecule has 0 fully saturated rings. The van der Waals surface area contributed by atoms with Crippen LogP contribution in [-0.2, 0) is 28.6 Å². The van der Waals surface area contributed by atoms with Gasteiger partial charge in [-0.1, -0.05) is 223 Å². The molecule has 0 rings (SSSR count). The zero-order chi connectivity index (χ0) is 45.1. The molecule has 0 amide bonds. The second-order valence-electron chi connectivity index (χ2n) is 17.4. The maximum atomic E-state index is 12.8. The van der Waals surface area contributed by atoms with E-state index < -0.39 is 6.10 Å². The van der Waals surface area contributed by atoms with Crippen LogP contribution in [0.4, 0.5) is 0 Å². The van der Waals surface area contributed by atoms with Crippen LogP contribution in [0, 0.1) is 0 Å². The number of rotatable bonds is 47. The third-order valence-corrected chi connectivity index (χ3v) is 11.3. The molecule has 6 heteroatoms. The van der Waals surface area contributed by atoms with Gasteiger partial charge in [-0.05, 0) is 77.0 Å². The number of allylic oxidation sites excluding steroid dienone is 10. The Morgan fingerprint density at radius 2 is 0.645 bits per heavy atom. The van der Waals surface area contributed by atoms with Gasteiger partial charge in [-0.25, -0.2) is 0 Å². The highest BCUT2D eigenvalue weighted by molar-refractivity contribution is 5.71. The van der Waals surface area contributed by atoms with E-state index in [2.05, 4.69) is 81.5 Å². The van der Waals surface area contributed by atoms with Gasteiger partial charge in [0.25, 0.3) is 0 Å². The Morgan fingerprint density at radius 1 is 0.339 bits per heavy atom. The number of hydrogen-bond donors (Lipinski definition) is 0. The van der Waals surface area contributed by atoms with Gasteiger partial charge in [0.2, 0.25) is 0 Å². The minimum atomic E-state index is -0.796. The minimum absolute atomic E-state index is 0.0915. The van der Waals surface area contributed by atoms with E-state index >= 15 is 0 Å². The predicted octanol–water partition coefficient (Wildman–Crippen LogP) is 17.3. The zero-order valence-electron chi connectivity index (χ0n) is 40.9. The number of hydrogen-bond acceptors (Lipinski definition) is 6. The average Bonchev–Trinajstić information content (AvgIpc) is 3.27. The standard InChI is InChI=1S/C56H98O6/c1-4-7-10-13-16-19-22-24-26-27-28-30-31-34-37-40-43-46-49-55(58)61-52-53(51-60-54(57)48-45-42-39-36-33-21-18-15-12-9-6-3)62-56(59)50-47-44-41-38-35-32-29-25-23-20-17-14-11-8-5-2/h8,11,15,17-18,20,25,29,35,38,53H,4-7,9-10,12-14,16,19,21-24,26-28,30-34,36-37,39-52H2,1-3H3/b11-8-,18-15-,20-17-,29-25-,38-35-. The molecule has 0 saturated carbocycles. The average molecular weight is 867 g/mol. The molecule has 358 valence electrons. The number of carbonyl (C=O) groups is 3. The monoisotopic (exact) mass is 867 g/mol. The number of carbonyl (C=O) groups excluding carboxylic acids is 3. The zero-order valence-corrected chi connectivity index (χ0v) is 40.9. The van der Waals surface area contributed by atoms with Crippen molar-refractivity contribution < 1.29 is 28.6 Å². The fourth-order valence-electron chi connectivity index (χ4n) is 7.30. The van der Waals surface area contributed by atoms with Crippen molar-refractivity contribution in [2.75, 3.05) is 13.2 Å². The van der Waals surface area contributed by atoms with Gasteiger partial charge < -0.3 is 14.2 Å². The minimum Gasteiger partial charge on any atom is -0.462 e. The van der Waals surface area contributed by atoms with Crippen LogP contribution in [0.5, 0.6) is 0 Å². The molecule has 0 radical (unpaired) electrons. The van der Waals surface area contributed by atoms with Gasteiger partial charge in [0.05, 0.1) is 0 Å². The summed E-state index contributed by atoms with van der Waals surface area (Å²) in [5.74, 6) is -0.938. The van der Waals surface area contributed by atoms with E-state index in [0.717, 1.165) is 83.5 Å². The van der Waals surface area contributed by atoms with E-state index in [1.54, 1.807) is 0 Å². The summed E-state index contributed by atoms with van der Waals surface area (Å²) in [6.45, 7) is 6.46. The lowest BCUT2D eigenvalue weighted by atomic mass is 10.0. The lowest BCUT2D eigenvalue weighted by Crippen LogP contribution is -2.30. The molecule has 0 bridgehead atoms. The van der Waals surface area contributed by atoms with E-state index in [1.165, 1.54) is 128 Å². The quantitative estimate of drug-likeness (QED) is 0.0262. The van der Waals surface area contributed by atoms with Gasteiger partial charge in [-0.15, -0.1) is 0 Å². The van der Waals surface area contributed by atoms with Crippen molar-refractivity contribution in [1.29, 1.82) is 0 Å². The second kappa shape index (κ2) is 50.8. The van der Waals surface area contributed by atoms with Gasteiger partial charge in [-0.2, -0.15) is 0 Å². The van der Waals surface area contributed by atoms with Gasteiger partial charge in [0.1, 0.15) is 13.2 Å². The third kappa shape index (κ3) is 48.1. The highest BCUT2D eigenvalue weighted by atomic mass is 16.6. The van der Waals surface area contributed by atoms with Gasteiger partial charge in [0.15, 0.2) is 6.10 Å². The Morgan fingerprint density at radius 3 is 1.08 bits per heavy atom. The van der Waals surface area contributed by atoms with Crippen LogP contribution >= 0.6 is 0 Å². The molecule has 0 spiro atoms. The van der Waals surface area contributed by atoms with Crippen LogP contribution in [0.3, 0.4) is 0 Å². The van der Waals surface area contributed by atoms with Crippen LogP contribution in [-0.4, -0.2) is 37.2 Å². The highest BCUT2D eigenvalue weighted by Crippen LogP contribution is 2.16. The fraction of sp³-hybridized carbons (Fsp3) is 0.768. The molecule has 1 atom stereocenters. The summed E-state index contributed by atoms with van der Waals surface area (Å²) in [6.07, 6.45) is 62.1.